The van der Waals surface area contributed by atoms with E-state index in [0.717, 1.165) is 60.6 Å². The molecule has 3 aromatic rings. The second-order valence-electron chi connectivity index (χ2n) is 6.24. The lowest BCUT2D eigenvalue weighted by Crippen LogP contribution is -1.98. The average Bonchev–Trinajstić information content (AvgIpc) is 3.05. The number of nitrogens with zero attached hydrogens (tertiary/aromatic N) is 3. The van der Waals surface area contributed by atoms with Crippen LogP contribution >= 0.6 is 11.3 Å². The van der Waals surface area contributed by atoms with Crippen molar-refractivity contribution >= 4 is 16.5 Å². The summed E-state index contributed by atoms with van der Waals surface area (Å²) in [5, 5.41) is 0.631. The van der Waals surface area contributed by atoms with Crippen LogP contribution in [0, 0.1) is 6.92 Å². The third-order valence-electron chi connectivity index (χ3n) is 4.10. The Labute approximate surface area is 158 Å². The highest BCUT2D eigenvalue weighted by Crippen LogP contribution is 2.26. The van der Waals surface area contributed by atoms with Crippen LogP contribution in [0.2, 0.25) is 0 Å². The zero-order valence-electron chi connectivity index (χ0n) is 15.2. The van der Waals surface area contributed by atoms with Gasteiger partial charge in [-0.15, -0.1) is 11.3 Å². The lowest BCUT2D eigenvalue weighted by Gasteiger charge is -2.10. The molecule has 0 aliphatic rings. The fraction of sp³-hybridized carbons (Fsp3) is 0.350. The predicted molar refractivity (Wildman–Crippen MR) is 107 cm³/mol. The van der Waals surface area contributed by atoms with Crippen molar-refractivity contribution in [2.75, 3.05) is 12.3 Å². The topological polar surface area (TPSA) is 73.9 Å². The lowest BCUT2D eigenvalue weighted by atomic mass is 10.0. The Balaban J connectivity index is 1.66. The Kier molecular flexibility index (Phi) is 6.17. The van der Waals surface area contributed by atoms with Crippen molar-refractivity contribution < 1.29 is 4.74 Å². The maximum atomic E-state index is 5.70. The number of rotatable bonds is 8. The molecule has 0 unspecified atom stereocenters. The van der Waals surface area contributed by atoms with E-state index in [4.69, 9.17) is 10.5 Å². The van der Waals surface area contributed by atoms with Gasteiger partial charge in [-0.05, 0) is 62.4 Å². The van der Waals surface area contributed by atoms with Crippen molar-refractivity contribution in [2.45, 2.75) is 39.5 Å². The molecular formula is C20H24N4OS. The number of thiazole rings is 1. The molecule has 0 saturated heterocycles. The number of ether oxygens (including phenoxy) is 1. The zero-order valence-corrected chi connectivity index (χ0v) is 16.1. The van der Waals surface area contributed by atoms with Crippen LogP contribution in [0.5, 0.6) is 5.75 Å². The van der Waals surface area contributed by atoms with Crippen LogP contribution in [0.3, 0.4) is 0 Å². The van der Waals surface area contributed by atoms with Crippen LogP contribution in [0.4, 0.5) is 5.13 Å². The van der Waals surface area contributed by atoms with Gasteiger partial charge < -0.3 is 10.5 Å². The van der Waals surface area contributed by atoms with Gasteiger partial charge in [0.2, 0.25) is 0 Å². The first-order valence-electron chi connectivity index (χ1n) is 8.90. The maximum absolute atomic E-state index is 5.70. The summed E-state index contributed by atoms with van der Waals surface area (Å²) in [7, 11) is 0. The van der Waals surface area contributed by atoms with Gasteiger partial charge in [0.05, 0.1) is 12.3 Å². The Morgan fingerprint density at radius 1 is 1.12 bits per heavy atom. The first-order valence-corrected chi connectivity index (χ1v) is 9.72. The SMILES string of the molecule is CCCOc1ccc(-c2cc(CCCc3cnc(N)s3)ncn2)c(C)c1. The van der Waals surface area contributed by atoms with Crippen LogP contribution in [0.1, 0.15) is 35.9 Å². The molecule has 136 valence electrons. The molecule has 0 fully saturated rings. The van der Waals surface area contributed by atoms with Crippen molar-refractivity contribution in [3.05, 3.63) is 52.9 Å². The zero-order chi connectivity index (χ0) is 18.4. The summed E-state index contributed by atoms with van der Waals surface area (Å²) in [6, 6.07) is 8.23. The van der Waals surface area contributed by atoms with E-state index in [9.17, 15) is 0 Å². The molecule has 2 aromatic heterocycles. The molecule has 0 atom stereocenters. The summed E-state index contributed by atoms with van der Waals surface area (Å²) in [6.07, 6.45) is 7.40. The molecule has 0 aliphatic carbocycles. The van der Waals surface area contributed by atoms with Crippen molar-refractivity contribution in [2.24, 2.45) is 0 Å². The number of aromatic nitrogens is 3. The van der Waals surface area contributed by atoms with Crippen molar-refractivity contribution in [3.63, 3.8) is 0 Å². The molecular weight excluding hydrogens is 344 g/mol. The minimum absolute atomic E-state index is 0.631. The summed E-state index contributed by atoms with van der Waals surface area (Å²) in [5.74, 6) is 0.909. The van der Waals surface area contributed by atoms with Crippen LogP contribution < -0.4 is 10.5 Å². The van der Waals surface area contributed by atoms with Crippen LogP contribution in [0.15, 0.2) is 36.8 Å². The molecule has 0 amide bonds. The number of nitrogen functional groups attached to an aromatic ring is 1. The normalized spacial score (nSPS) is 10.8. The number of nitrogens with two attached hydrogens (primary N) is 1. The van der Waals surface area contributed by atoms with E-state index in [0.29, 0.717) is 5.13 Å². The van der Waals surface area contributed by atoms with Crippen LogP contribution in [0.25, 0.3) is 11.3 Å². The summed E-state index contributed by atoms with van der Waals surface area (Å²) >= 11 is 1.55. The first-order chi connectivity index (χ1) is 12.7. The number of hydrogen-bond acceptors (Lipinski definition) is 6. The van der Waals surface area contributed by atoms with Gasteiger partial charge in [-0.2, -0.15) is 0 Å². The van der Waals surface area contributed by atoms with Gasteiger partial charge in [-0.1, -0.05) is 6.92 Å². The molecule has 6 heteroatoms. The van der Waals surface area contributed by atoms with E-state index >= 15 is 0 Å². The fourth-order valence-electron chi connectivity index (χ4n) is 2.80. The molecule has 1 aromatic carbocycles. The Morgan fingerprint density at radius 3 is 2.73 bits per heavy atom. The van der Waals surface area contributed by atoms with Crippen LogP contribution in [-0.4, -0.2) is 21.6 Å². The number of benzene rings is 1. The molecule has 2 N–H and O–H groups in total. The van der Waals surface area contributed by atoms with Crippen LogP contribution in [-0.2, 0) is 12.8 Å². The van der Waals surface area contributed by atoms with Gasteiger partial charge in [0.25, 0.3) is 0 Å². The van der Waals surface area contributed by atoms with Gasteiger partial charge in [0.15, 0.2) is 5.13 Å². The van der Waals surface area contributed by atoms with Crippen molar-refractivity contribution in [1.82, 2.24) is 15.0 Å². The number of hydrogen-bond donors (Lipinski definition) is 1. The monoisotopic (exact) mass is 368 g/mol. The summed E-state index contributed by atoms with van der Waals surface area (Å²) < 4.78 is 5.70. The van der Waals surface area contributed by atoms with Crippen molar-refractivity contribution in [1.29, 1.82) is 0 Å². The molecule has 0 aliphatic heterocycles. The van der Waals surface area contributed by atoms with Gasteiger partial charge in [0.1, 0.15) is 12.1 Å². The number of anilines is 1. The molecule has 5 nitrogen and oxygen atoms in total. The van der Waals surface area contributed by atoms with E-state index in [2.05, 4.69) is 47.0 Å². The minimum Gasteiger partial charge on any atom is -0.494 e. The summed E-state index contributed by atoms with van der Waals surface area (Å²) in [4.78, 5) is 14.2. The smallest absolute Gasteiger partial charge is 0.180 e. The molecule has 0 bridgehead atoms. The molecule has 0 saturated carbocycles. The predicted octanol–water partition coefficient (Wildman–Crippen LogP) is 4.45. The van der Waals surface area contributed by atoms with E-state index in [1.165, 1.54) is 4.88 Å². The van der Waals surface area contributed by atoms with E-state index < -0.39 is 0 Å². The molecule has 3 rings (SSSR count). The second-order valence-corrected chi connectivity index (χ2v) is 7.38. The number of aryl methyl sites for hydroxylation is 3. The Morgan fingerprint density at radius 2 is 2.00 bits per heavy atom. The van der Waals surface area contributed by atoms with Gasteiger partial charge in [0, 0.05) is 22.3 Å². The lowest BCUT2D eigenvalue weighted by molar-refractivity contribution is 0.317. The minimum atomic E-state index is 0.631. The third kappa shape index (κ3) is 4.79. The average molecular weight is 369 g/mol. The first kappa shape index (κ1) is 18.3. The molecule has 0 radical (unpaired) electrons. The van der Waals surface area contributed by atoms with Gasteiger partial charge >= 0.3 is 0 Å². The van der Waals surface area contributed by atoms with E-state index in [1.807, 2.05) is 12.3 Å². The quantitative estimate of drug-likeness (QED) is 0.635. The van der Waals surface area contributed by atoms with Gasteiger partial charge in [-0.25, -0.2) is 15.0 Å². The largest absolute Gasteiger partial charge is 0.494 e. The Bertz CT molecular complexity index is 863. The van der Waals surface area contributed by atoms with Gasteiger partial charge in [-0.3, -0.25) is 0 Å². The van der Waals surface area contributed by atoms with E-state index in [1.54, 1.807) is 17.7 Å². The summed E-state index contributed by atoms with van der Waals surface area (Å²) in [5.41, 5.74) is 9.96. The highest BCUT2D eigenvalue weighted by atomic mass is 32.1. The second kappa shape index (κ2) is 8.76. The summed E-state index contributed by atoms with van der Waals surface area (Å²) in [6.45, 7) is 4.93. The highest BCUT2D eigenvalue weighted by molar-refractivity contribution is 7.15. The fourth-order valence-corrected chi connectivity index (χ4v) is 3.52. The third-order valence-corrected chi connectivity index (χ3v) is 4.98. The molecule has 26 heavy (non-hydrogen) atoms. The maximum Gasteiger partial charge on any atom is 0.180 e. The standard InChI is InChI=1S/C20H24N4OS/c1-3-9-25-16-7-8-18(14(2)10-16)19-11-15(23-13-24-19)5-4-6-17-12-22-20(21)26-17/h7-8,10-13H,3-6,9H2,1-2H3,(H2,21,22). The van der Waals surface area contributed by atoms with E-state index in [-0.39, 0.29) is 0 Å². The molecule has 0 spiro atoms. The highest BCUT2D eigenvalue weighted by Gasteiger charge is 2.07. The molecule has 2 heterocycles. The van der Waals surface area contributed by atoms with Crippen molar-refractivity contribution in [3.8, 4) is 17.0 Å². The Hall–Kier alpha value is -2.47.